The van der Waals surface area contributed by atoms with E-state index < -0.39 is 10.0 Å². The summed E-state index contributed by atoms with van der Waals surface area (Å²) in [4.78, 5) is 4.35. The number of halogens is 1. The van der Waals surface area contributed by atoms with Crippen LogP contribution >= 0.6 is 24.0 Å². The second-order valence-electron chi connectivity index (χ2n) is 7.41. The molecule has 2 aromatic rings. The van der Waals surface area contributed by atoms with Gasteiger partial charge in [0.25, 0.3) is 0 Å². The van der Waals surface area contributed by atoms with E-state index in [4.69, 9.17) is 0 Å². The highest BCUT2D eigenvalue weighted by Gasteiger charge is 2.28. The third-order valence-corrected chi connectivity index (χ3v) is 7.04. The molecule has 3 N–H and O–H groups in total. The second-order valence-corrected chi connectivity index (χ2v) is 9.34. The summed E-state index contributed by atoms with van der Waals surface area (Å²) < 4.78 is 25.7. The molecule has 0 bridgehead atoms. The quantitative estimate of drug-likeness (QED) is 0.236. The molecule has 0 aliphatic rings. The van der Waals surface area contributed by atoms with E-state index in [9.17, 15) is 8.42 Å². The van der Waals surface area contributed by atoms with Crippen LogP contribution < -0.4 is 15.4 Å². The van der Waals surface area contributed by atoms with Crippen LogP contribution in [-0.2, 0) is 27.7 Å². The van der Waals surface area contributed by atoms with Crippen molar-refractivity contribution in [3.63, 3.8) is 0 Å². The van der Waals surface area contributed by atoms with Crippen LogP contribution in [-0.4, -0.2) is 35.0 Å². The largest absolute Gasteiger partial charge is 0.356 e. The number of hydrogen-bond donors (Lipinski definition) is 3. The van der Waals surface area contributed by atoms with Gasteiger partial charge in [-0.3, -0.25) is 4.99 Å². The first-order chi connectivity index (χ1) is 14.4. The fourth-order valence-corrected chi connectivity index (χ4v) is 4.28. The molecule has 0 spiro atoms. The molecular formula is C23H35IN4O2S. The van der Waals surface area contributed by atoms with Crippen molar-refractivity contribution >= 4 is 40.0 Å². The topological polar surface area (TPSA) is 82.6 Å². The lowest BCUT2D eigenvalue weighted by atomic mass is 9.76. The average Bonchev–Trinajstić information content (AvgIpc) is 2.78. The minimum atomic E-state index is -3.26. The summed E-state index contributed by atoms with van der Waals surface area (Å²) in [5.74, 6) is 0.731. The van der Waals surface area contributed by atoms with Crippen LogP contribution in [0.1, 0.15) is 43.4 Å². The van der Waals surface area contributed by atoms with Gasteiger partial charge >= 0.3 is 0 Å². The molecular weight excluding hydrogens is 523 g/mol. The Morgan fingerprint density at radius 2 is 1.52 bits per heavy atom. The van der Waals surface area contributed by atoms with Gasteiger partial charge in [-0.05, 0) is 36.6 Å². The minimum absolute atomic E-state index is 0. The summed E-state index contributed by atoms with van der Waals surface area (Å²) in [7, 11) is -0.0659. The number of rotatable bonds is 10. The Morgan fingerprint density at radius 1 is 0.935 bits per heavy atom. The predicted octanol–water partition coefficient (Wildman–Crippen LogP) is 3.78. The minimum Gasteiger partial charge on any atom is -0.356 e. The fourth-order valence-electron chi connectivity index (χ4n) is 3.51. The van der Waals surface area contributed by atoms with Crippen LogP contribution in [0, 0.1) is 0 Å². The molecule has 0 atom stereocenters. The number of guanidine groups is 1. The zero-order valence-corrected chi connectivity index (χ0v) is 22.0. The van der Waals surface area contributed by atoms with Gasteiger partial charge in [-0.2, -0.15) is 0 Å². The number of sulfonamides is 1. The lowest BCUT2D eigenvalue weighted by Crippen LogP contribution is -2.45. The molecule has 0 aliphatic carbocycles. The maximum Gasteiger partial charge on any atom is 0.215 e. The van der Waals surface area contributed by atoms with E-state index in [0.717, 1.165) is 36.5 Å². The summed E-state index contributed by atoms with van der Waals surface area (Å²) >= 11 is 0. The molecule has 2 aromatic carbocycles. The van der Waals surface area contributed by atoms with E-state index in [1.807, 2.05) is 30.3 Å². The summed E-state index contributed by atoms with van der Waals surface area (Å²) in [6.45, 7) is 5.86. The molecule has 0 aliphatic heterocycles. The molecule has 2 rings (SSSR count). The molecule has 0 amide bonds. The van der Waals surface area contributed by atoms with Crippen LogP contribution in [0.5, 0.6) is 0 Å². The van der Waals surface area contributed by atoms with Gasteiger partial charge in [0.05, 0.1) is 5.75 Å². The maximum atomic E-state index is 11.7. The summed E-state index contributed by atoms with van der Waals surface area (Å²) in [5.41, 5.74) is 3.21. The van der Waals surface area contributed by atoms with E-state index in [2.05, 4.69) is 58.5 Å². The van der Waals surface area contributed by atoms with E-state index in [-0.39, 0.29) is 35.1 Å². The first-order valence-corrected chi connectivity index (χ1v) is 12.0. The predicted molar refractivity (Wildman–Crippen MR) is 140 cm³/mol. The number of hydrogen-bond acceptors (Lipinski definition) is 3. The zero-order chi connectivity index (χ0) is 22.0. The normalized spacial score (nSPS) is 12.2. The Kier molecular flexibility index (Phi) is 11.5. The summed E-state index contributed by atoms with van der Waals surface area (Å²) in [6, 6.07) is 18.2. The Hall–Kier alpha value is -1.65. The summed E-state index contributed by atoms with van der Waals surface area (Å²) in [5, 5.41) is 6.83. The van der Waals surface area contributed by atoms with Gasteiger partial charge in [0.15, 0.2) is 5.96 Å². The third kappa shape index (κ3) is 8.08. The Bertz CT molecular complexity index is 912. The number of benzene rings is 2. The van der Waals surface area contributed by atoms with Crippen molar-refractivity contribution in [2.75, 3.05) is 20.6 Å². The molecule has 0 unspecified atom stereocenters. The molecule has 0 heterocycles. The van der Waals surface area contributed by atoms with Crippen LogP contribution in [0.15, 0.2) is 59.6 Å². The molecule has 31 heavy (non-hydrogen) atoms. The molecule has 0 saturated carbocycles. The van der Waals surface area contributed by atoms with Crippen molar-refractivity contribution in [1.82, 2.24) is 15.4 Å². The van der Waals surface area contributed by atoms with Crippen molar-refractivity contribution in [2.24, 2.45) is 4.99 Å². The fraction of sp³-hybridized carbons (Fsp3) is 0.435. The molecule has 6 nitrogen and oxygen atoms in total. The third-order valence-electron chi connectivity index (χ3n) is 5.71. The zero-order valence-electron chi connectivity index (χ0n) is 18.8. The van der Waals surface area contributed by atoms with Gasteiger partial charge in [0.2, 0.25) is 10.0 Å². The molecule has 8 heteroatoms. The van der Waals surface area contributed by atoms with E-state index in [0.29, 0.717) is 6.54 Å². The van der Waals surface area contributed by atoms with Crippen molar-refractivity contribution in [1.29, 1.82) is 0 Å². The van der Waals surface area contributed by atoms with Gasteiger partial charge in [0, 0.05) is 25.6 Å². The lowest BCUT2D eigenvalue weighted by Gasteiger charge is -2.33. The van der Waals surface area contributed by atoms with Gasteiger partial charge in [-0.15, -0.1) is 24.0 Å². The standard InChI is InChI=1S/C23H34N4O2S.HI/c1-5-23(6-2,21-10-8-7-9-11-21)18-27-22(24-3)26-16-19-12-14-20(15-13-19)17-30(28,29)25-4;/h7-15,25H,5-6,16-18H2,1-4H3,(H2,24,26,27);1H. The summed E-state index contributed by atoms with van der Waals surface area (Å²) in [6.07, 6.45) is 2.07. The Labute approximate surface area is 204 Å². The van der Waals surface area contributed by atoms with Crippen molar-refractivity contribution in [2.45, 2.75) is 44.4 Å². The Morgan fingerprint density at radius 3 is 2.03 bits per heavy atom. The van der Waals surface area contributed by atoms with Crippen LogP contribution in [0.2, 0.25) is 0 Å². The smallest absolute Gasteiger partial charge is 0.215 e. The number of aliphatic imine (C=N–C) groups is 1. The SMILES string of the molecule is CCC(CC)(CNC(=NC)NCc1ccc(CS(=O)(=O)NC)cc1)c1ccccc1.I. The first-order valence-electron chi connectivity index (χ1n) is 10.4. The van der Waals surface area contributed by atoms with Crippen LogP contribution in [0.4, 0.5) is 0 Å². The van der Waals surface area contributed by atoms with Crippen molar-refractivity contribution < 1.29 is 8.42 Å². The van der Waals surface area contributed by atoms with Gasteiger partial charge in [-0.1, -0.05) is 68.4 Å². The average molecular weight is 559 g/mol. The van der Waals surface area contributed by atoms with E-state index in [1.165, 1.54) is 12.6 Å². The molecule has 0 saturated heterocycles. The number of nitrogens with zero attached hydrogens (tertiary/aromatic N) is 1. The highest BCUT2D eigenvalue weighted by molar-refractivity contribution is 14.0. The maximum absolute atomic E-state index is 11.7. The monoisotopic (exact) mass is 558 g/mol. The van der Waals surface area contributed by atoms with Crippen molar-refractivity contribution in [3.05, 3.63) is 71.3 Å². The highest BCUT2D eigenvalue weighted by atomic mass is 127. The molecule has 0 radical (unpaired) electrons. The lowest BCUT2D eigenvalue weighted by molar-refractivity contribution is 0.389. The van der Waals surface area contributed by atoms with Gasteiger partial charge in [-0.25, -0.2) is 13.1 Å². The van der Waals surface area contributed by atoms with Crippen LogP contribution in [0.3, 0.4) is 0 Å². The van der Waals surface area contributed by atoms with Crippen molar-refractivity contribution in [3.8, 4) is 0 Å². The van der Waals surface area contributed by atoms with Crippen LogP contribution in [0.25, 0.3) is 0 Å². The van der Waals surface area contributed by atoms with E-state index in [1.54, 1.807) is 7.05 Å². The first kappa shape index (κ1) is 27.4. The number of nitrogens with one attached hydrogen (secondary N) is 3. The van der Waals surface area contributed by atoms with Gasteiger partial charge in [0.1, 0.15) is 0 Å². The van der Waals surface area contributed by atoms with E-state index >= 15 is 0 Å². The highest BCUT2D eigenvalue weighted by Crippen LogP contribution is 2.30. The molecule has 172 valence electrons. The molecule has 0 aromatic heterocycles. The Balaban J connectivity index is 0.00000480. The molecule has 0 fully saturated rings. The second kappa shape index (κ2) is 13.0. The van der Waals surface area contributed by atoms with Gasteiger partial charge < -0.3 is 10.6 Å².